The van der Waals surface area contributed by atoms with Gasteiger partial charge in [0.25, 0.3) is 0 Å². The largest absolute Gasteiger partial charge is 0.383 e. The monoisotopic (exact) mass is 261 g/mol. The van der Waals surface area contributed by atoms with E-state index in [-0.39, 0.29) is 5.92 Å². The molecule has 1 amide bonds. The fourth-order valence-corrected chi connectivity index (χ4v) is 3.19. The van der Waals surface area contributed by atoms with E-state index in [0.717, 1.165) is 0 Å². The summed E-state index contributed by atoms with van der Waals surface area (Å²) in [5.74, 6) is 0.186. The second-order valence-electron chi connectivity index (χ2n) is 5.57. The molecule has 1 aromatic rings. The van der Waals surface area contributed by atoms with Crippen molar-refractivity contribution < 1.29 is 9.90 Å². The molecule has 1 fully saturated rings. The Morgan fingerprint density at radius 3 is 2.42 bits per heavy atom. The van der Waals surface area contributed by atoms with Gasteiger partial charge in [-0.25, -0.2) is 0 Å². The maximum Gasteiger partial charge on any atom is 0.246 e. The second kappa shape index (κ2) is 6.71. The van der Waals surface area contributed by atoms with Crippen molar-refractivity contribution in [1.82, 2.24) is 0 Å². The third-order valence-corrected chi connectivity index (χ3v) is 4.25. The van der Waals surface area contributed by atoms with Gasteiger partial charge in [-0.2, -0.15) is 0 Å². The highest BCUT2D eigenvalue weighted by Crippen LogP contribution is 2.38. The lowest BCUT2D eigenvalue weighted by molar-refractivity contribution is -0.126. The third kappa shape index (κ3) is 3.80. The van der Waals surface area contributed by atoms with Gasteiger partial charge in [0.1, 0.15) is 6.10 Å². The van der Waals surface area contributed by atoms with Gasteiger partial charge in [0.15, 0.2) is 0 Å². The first-order valence-electron chi connectivity index (χ1n) is 7.21. The SMILES string of the molecule is NC(=O)C(O)CC(c1ccccc1)C1CCCCC1. The van der Waals surface area contributed by atoms with Crippen LogP contribution in [0.5, 0.6) is 0 Å². The van der Waals surface area contributed by atoms with E-state index in [1.807, 2.05) is 18.2 Å². The Morgan fingerprint density at radius 1 is 1.21 bits per heavy atom. The van der Waals surface area contributed by atoms with Crippen LogP contribution in [0.1, 0.15) is 50.0 Å². The van der Waals surface area contributed by atoms with E-state index in [4.69, 9.17) is 5.73 Å². The fourth-order valence-electron chi connectivity index (χ4n) is 3.19. The highest BCUT2D eigenvalue weighted by molar-refractivity contribution is 5.78. The van der Waals surface area contributed by atoms with Crippen molar-refractivity contribution in [2.45, 2.75) is 50.5 Å². The molecule has 0 aromatic heterocycles. The number of aliphatic hydroxyl groups is 1. The molecule has 3 N–H and O–H groups in total. The quantitative estimate of drug-likeness (QED) is 0.855. The first kappa shape index (κ1) is 14.1. The number of aliphatic hydroxyl groups excluding tert-OH is 1. The molecule has 2 atom stereocenters. The van der Waals surface area contributed by atoms with Crippen molar-refractivity contribution in [3.8, 4) is 0 Å². The molecule has 1 aliphatic rings. The van der Waals surface area contributed by atoms with Crippen molar-refractivity contribution in [2.75, 3.05) is 0 Å². The molecule has 1 aliphatic carbocycles. The maximum atomic E-state index is 11.1. The number of nitrogens with two attached hydrogens (primary N) is 1. The third-order valence-electron chi connectivity index (χ3n) is 4.25. The lowest BCUT2D eigenvalue weighted by atomic mass is 9.74. The van der Waals surface area contributed by atoms with E-state index in [0.29, 0.717) is 12.3 Å². The summed E-state index contributed by atoms with van der Waals surface area (Å²) in [6.45, 7) is 0. The standard InChI is InChI=1S/C16H23NO2/c17-16(19)15(18)11-14(12-7-3-1-4-8-12)13-9-5-2-6-10-13/h1,3-4,7-8,13-15,18H,2,5-6,9-11H2,(H2,17,19). The smallest absolute Gasteiger partial charge is 0.246 e. The number of primary amides is 1. The summed E-state index contributed by atoms with van der Waals surface area (Å²) < 4.78 is 0. The van der Waals surface area contributed by atoms with E-state index < -0.39 is 12.0 Å². The molecule has 2 rings (SSSR count). The highest BCUT2D eigenvalue weighted by Gasteiger charge is 2.28. The molecule has 0 bridgehead atoms. The van der Waals surface area contributed by atoms with Gasteiger partial charge in [-0.05, 0) is 36.7 Å². The fraction of sp³-hybridized carbons (Fsp3) is 0.562. The van der Waals surface area contributed by atoms with Gasteiger partial charge in [-0.3, -0.25) is 4.79 Å². The van der Waals surface area contributed by atoms with Crippen molar-refractivity contribution in [1.29, 1.82) is 0 Å². The van der Waals surface area contributed by atoms with Crippen LogP contribution in [0.25, 0.3) is 0 Å². The van der Waals surface area contributed by atoms with E-state index in [9.17, 15) is 9.90 Å². The second-order valence-corrected chi connectivity index (χ2v) is 5.57. The summed E-state index contributed by atoms with van der Waals surface area (Å²) in [4.78, 5) is 11.1. The lowest BCUT2D eigenvalue weighted by Gasteiger charge is -2.31. The first-order chi connectivity index (χ1) is 9.18. The van der Waals surface area contributed by atoms with Crippen LogP contribution in [0, 0.1) is 5.92 Å². The minimum Gasteiger partial charge on any atom is -0.383 e. The van der Waals surface area contributed by atoms with Gasteiger partial charge in [-0.15, -0.1) is 0 Å². The predicted molar refractivity (Wildman–Crippen MR) is 75.6 cm³/mol. The van der Waals surface area contributed by atoms with Gasteiger partial charge in [0.05, 0.1) is 0 Å². The van der Waals surface area contributed by atoms with Gasteiger partial charge in [-0.1, -0.05) is 49.6 Å². The van der Waals surface area contributed by atoms with Crippen molar-refractivity contribution in [3.05, 3.63) is 35.9 Å². The minimum absolute atomic E-state index is 0.240. The number of carbonyl (C=O) groups excluding carboxylic acids is 1. The molecule has 0 radical (unpaired) electrons. The molecule has 2 unspecified atom stereocenters. The molecule has 0 heterocycles. The summed E-state index contributed by atoms with van der Waals surface area (Å²) >= 11 is 0. The lowest BCUT2D eigenvalue weighted by Crippen LogP contribution is -2.31. The molecule has 19 heavy (non-hydrogen) atoms. The Kier molecular flexibility index (Phi) is 4.97. The van der Waals surface area contributed by atoms with Crippen LogP contribution < -0.4 is 5.73 Å². The molecule has 1 aromatic carbocycles. The van der Waals surface area contributed by atoms with Gasteiger partial charge in [0, 0.05) is 0 Å². The summed E-state index contributed by atoms with van der Waals surface area (Å²) in [5.41, 5.74) is 6.42. The molecular weight excluding hydrogens is 238 g/mol. The summed E-state index contributed by atoms with van der Waals surface area (Å²) in [6, 6.07) is 10.2. The Labute approximate surface area is 114 Å². The molecule has 0 aliphatic heterocycles. The highest BCUT2D eigenvalue weighted by atomic mass is 16.3. The van der Waals surface area contributed by atoms with Crippen molar-refractivity contribution in [3.63, 3.8) is 0 Å². The number of benzene rings is 1. The average Bonchev–Trinajstić information content (AvgIpc) is 2.46. The Morgan fingerprint density at radius 2 is 1.84 bits per heavy atom. The van der Waals surface area contributed by atoms with Gasteiger partial charge in [0.2, 0.25) is 5.91 Å². The van der Waals surface area contributed by atoms with Crippen LogP contribution in [0.3, 0.4) is 0 Å². The average molecular weight is 261 g/mol. The number of hydrogen-bond donors (Lipinski definition) is 2. The first-order valence-corrected chi connectivity index (χ1v) is 7.21. The number of rotatable bonds is 5. The molecular formula is C16H23NO2. The summed E-state index contributed by atoms with van der Waals surface area (Å²) in [6.07, 6.45) is 5.59. The van der Waals surface area contributed by atoms with Crippen LogP contribution in [-0.4, -0.2) is 17.1 Å². The summed E-state index contributed by atoms with van der Waals surface area (Å²) in [5, 5.41) is 9.81. The number of hydrogen-bond acceptors (Lipinski definition) is 2. The molecule has 0 spiro atoms. The normalized spacial score (nSPS) is 19.8. The van der Waals surface area contributed by atoms with Gasteiger partial charge >= 0.3 is 0 Å². The van der Waals surface area contributed by atoms with Crippen LogP contribution in [-0.2, 0) is 4.79 Å². The van der Waals surface area contributed by atoms with Crippen LogP contribution in [0.2, 0.25) is 0 Å². The topological polar surface area (TPSA) is 63.3 Å². The Balaban J connectivity index is 2.15. The van der Waals surface area contributed by atoms with E-state index in [2.05, 4.69) is 12.1 Å². The molecule has 3 heteroatoms. The van der Waals surface area contributed by atoms with Crippen molar-refractivity contribution in [2.24, 2.45) is 11.7 Å². The zero-order chi connectivity index (χ0) is 13.7. The van der Waals surface area contributed by atoms with Crippen molar-refractivity contribution >= 4 is 5.91 Å². The Hall–Kier alpha value is -1.35. The van der Waals surface area contributed by atoms with E-state index >= 15 is 0 Å². The van der Waals surface area contributed by atoms with Gasteiger partial charge < -0.3 is 10.8 Å². The molecule has 3 nitrogen and oxygen atoms in total. The summed E-state index contributed by atoms with van der Waals surface area (Å²) in [7, 11) is 0. The maximum absolute atomic E-state index is 11.1. The molecule has 1 saturated carbocycles. The molecule has 0 saturated heterocycles. The minimum atomic E-state index is -1.04. The van der Waals surface area contributed by atoms with Crippen LogP contribution >= 0.6 is 0 Å². The zero-order valence-electron chi connectivity index (χ0n) is 11.3. The van der Waals surface area contributed by atoms with E-state index in [1.54, 1.807) is 0 Å². The molecule has 104 valence electrons. The predicted octanol–water partition coefficient (Wildman–Crippen LogP) is 2.59. The van der Waals surface area contributed by atoms with Crippen LogP contribution in [0.4, 0.5) is 0 Å². The Bertz CT molecular complexity index is 398. The number of carbonyl (C=O) groups is 1. The zero-order valence-corrected chi connectivity index (χ0v) is 11.3. The number of amides is 1. The van der Waals surface area contributed by atoms with Crippen LogP contribution in [0.15, 0.2) is 30.3 Å². The van der Waals surface area contributed by atoms with E-state index in [1.165, 1.54) is 37.7 Å².